The van der Waals surface area contributed by atoms with Crippen molar-refractivity contribution < 1.29 is 28.5 Å². The van der Waals surface area contributed by atoms with Gasteiger partial charge in [-0.05, 0) is 0 Å². The largest absolute Gasteiger partial charge is 0.457 e. The number of carbonyl (C=O) groups excluding carboxylic acids is 2. The van der Waals surface area contributed by atoms with Crippen molar-refractivity contribution in [1.82, 2.24) is 0 Å². The SMILES string of the molecule is CC(=O)O[C@H]1CO[C@H]2[C@@H]1OC[C@H]2OC(N)=O. The zero-order valence-electron chi connectivity index (χ0n) is 8.75. The second kappa shape index (κ2) is 4.26. The number of ether oxygens (including phenoxy) is 4. The van der Waals surface area contributed by atoms with Crippen molar-refractivity contribution in [3.8, 4) is 0 Å². The molecule has 16 heavy (non-hydrogen) atoms. The first kappa shape index (κ1) is 11.2. The van der Waals surface area contributed by atoms with Gasteiger partial charge in [0.25, 0.3) is 0 Å². The van der Waals surface area contributed by atoms with Gasteiger partial charge in [-0.25, -0.2) is 4.79 Å². The molecule has 7 nitrogen and oxygen atoms in total. The molecule has 2 rings (SSSR count). The molecule has 2 N–H and O–H groups in total. The third-order valence-corrected chi connectivity index (χ3v) is 2.55. The minimum Gasteiger partial charge on any atom is -0.457 e. The van der Waals surface area contributed by atoms with Gasteiger partial charge in [-0.1, -0.05) is 0 Å². The molecule has 0 bridgehead atoms. The summed E-state index contributed by atoms with van der Waals surface area (Å²) in [5, 5.41) is 0. The van der Waals surface area contributed by atoms with Gasteiger partial charge in [-0.15, -0.1) is 0 Å². The number of nitrogens with two attached hydrogens (primary N) is 1. The van der Waals surface area contributed by atoms with Crippen LogP contribution in [0.4, 0.5) is 4.79 Å². The Bertz CT molecular complexity index is 276. The Morgan fingerprint density at radius 2 is 1.62 bits per heavy atom. The zero-order valence-corrected chi connectivity index (χ0v) is 8.75. The summed E-state index contributed by atoms with van der Waals surface area (Å²) in [6.45, 7) is 1.77. The molecule has 0 saturated carbocycles. The normalized spacial score (nSPS) is 36.8. The van der Waals surface area contributed by atoms with Crippen molar-refractivity contribution in [2.75, 3.05) is 13.2 Å². The fourth-order valence-corrected chi connectivity index (χ4v) is 1.99. The van der Waals surface area contributed by atoms with Crippen LogP contribution in [0.1, 0.15) is 6.92 Å². The standard InChI is InChI=1S/C9H13NO6/c1-4(11)15-5-2-13-8-6(16-9(10)12)3-14-7(5)8/h5-8H,2-3H2,1H3,(H2,10,12)/t5-,6+,7+,8+/m0/s1. The lowest BCUT2D eigenvalue weighted by molar-refractivity contribution is -0.151. The lowest BCUT2D eigenvalue weighted by atomic mass is 10.1. The Kier molecular flexibility index (Phi) is 2.97. The van der Waals surface area contributed by atoms with E-state index in [9.17, 15) is 9.59 Å². The van der Waals surface area contributed by atoms with Crippen LogP contribution in [0.5, 0.6) is 0 Å². The van der Waals surface area contributed by atoms with Crippen molar-refractivity contribution in [3.63, 3.8) is 0 Å². The summed E-state index contributed by atoms with van der Waals surface area (Å²) >= 11 is 0. The molecule has 0 aromatic heterocycles. The van der Waals surface area contributed by atoms with Gasteiger partial charge in [0.15, 0.2) is 12.2 Å². The smallest absolute Gasteiger partial charge is 0.404 e. The molecule has 7 heteroatoms. The van der Waals surface area contributed by atoms with E-state index in [2.05, 4.69) is 0 Å². The van der Waals surface area contributed by atoms with E-state index in [4.69, 9.17) is 24.7 Å². The molecule has 0 aliphatic carbocycles. The Morgan fingerprint density at radius 1 is 1.12 bits per heavy atom. The van der Waals surface area contributed by atoms with Crippen molar-refractivity contribution in [1.29, 1.82) is 0 Å². The van der Waals surface area contributed by atoms with E-state index in [1.165, 1.54) is 6.92 Å². The third kappa shape index (κ3) is 2.10. The van der Waals surface area contributed by atoms with Gasteiger partial charge in [-0.3, -0.25) is 4.79 Å². The molecule has 2 heterocycles. The summed E-state index contributed by atoms with van der Waals surface area (Å²) < 4.78 is 20.6. The molecule has 4 atom stereocenters. The maximum atomic E-state index is 10.8. The summed E-state index contributed by atoms with van der Waals surface area (Å²) in [6.07, 6.45) is -2.62. The van der Waals surface area contributed by atoms with Gasteiger partial charge in [0.1, 0.15) is 12.2 Å². The minimum atomic E-state index is -0.867. The van der Waals surface area contributed by atoms with Gasteiger partial charge in [-0.2, -0.15) is 0 Å². The first-order chi connectivity index (χ1) is 7.58. The van der Waals surface area contributed by atoms with Gasteiger partial charge in [0, 0.05) is 6.92 Å². The quantitative estimate of drug-likeness (QED) is 0.623. The molecule has 90 valence electrons. The second-order valence-corrected chi connectivity index (χ2v) is 3.72. The molecule has 2 aliphatic rings. The van der Waals surface area contributed by atoms with E-state index in [1.54, 1.807) is 0 Å². The van der Waals surface area contributed by atoms with Gasteiger partial charge >= 0.3 is 12.1 Å². The van der Waals surface area contributed by atoms with Crippen molar-refractivity contribution in [2.24, 2.45) is 5.73 Å². The van der Waals surface area contributed by atoms with E-state index < -0.39 is 30.4 Å². The van der Waals surface area contributed by atoms with Gasteiger partial charge < -0.3 is 24.7 Å². The molecular weight excluding hydrogens is 218 g/mol. The molecule has 0 unspecified atom stereocenters. The Balaban J connectivity index is 1.95. The average Bonchev–Trinajstić information content (AvgIpc) is 2.70. The maximum Gasteiger partial charge on any atom is 0.404 e. The van der Waals surface area contributed by atoms with E-state index in [0.29, 0.717) is 0 Å². The molecule has 2 saturated heterocycles. The van der Waals surface area contributed by atoms with Crippen LogP contribution >= 0.6 is 0 Å². The van der Waals surface area contributed by atoms with E-state index in [-0.39, 0.29) is 19.3 Å². The molecule has 0 spiro atoms. The highest BCUT2D eigenvalue weighted by Gasteiger charge is 2.50. The van der Waals surface area contributed by atoms with E-state index in [0.717, 1.165) is 0 Å². The first-order valence-corrected chi connectivity index (χ1v) is 4.94. The average molecular weight is 231 g/mol. The van der Waals surface area contributed by atoms with Gasteiger partial charge in [0.2, 0.25) is 0 Å². The highest BCUT2D eigenvalue weighted by Crippen LogP contribution is 2.30. The van der Waals surface area contributed by atoms with Crippen LogP contribution in [0.25, 0.3) is 0 Å². The maximum absolute atomic E-state index is 10.8. The summed E-state index contributed by atoms with van der Waals surface area (Å²) in [6, 6.07) is 0. The summed E-state index contributed by atoms with van der Waals surface area (Å²) in [4.78, 5) is 21.4. The van der Waals surface area contributed by atoms with Crippen molar-refractivity contribution >= 4 is 12.1 Å². The number of rotatable bonds is 2. The molecule has 2 fully saturated rings. The van der Waals surface area contributed by atoms with Crippen LogP contribution < -0.4 is 5.73 Å². The highest BCUT2D eigenvalue weighted by atomic mass is 16.7. The number of amides is 1. The van der Waals surface area contributed by atoms with Crippen molar-refractivity contribution in [2.45, 2.75) is 31.3 Å². The van der Waals surface area contributed by atoms with Crippen LogP contribution in [-0.4, -0.2) is 49.7 Å². The minimum absolute atomic E-state index is 0.204. The van der Waals surface area contributed by atoms with Crippen LogP contribution in [0.15, 0.2) is 0 Å². The predicted molar refractivity (Wildman–Crippen MR) is 49.5 cm³/mol. The molecule has 1 amide bonds. The monoisotopic (exact) mass is 231 g/mol. The lowest BCUT2D eigenvalue weighted by Gasteiger charge is -2.15. The van der Waals surface area contributed by atoms with Gasteiger partial charge in [0.05, 0.1) is 13.2 Å². The number of hydrogen-bond acceptors (Lipinski definition) is 6. The fraction of sp³-hybridized carbons (Fsp3) is 0.778. The highest BCUT2D eigenvalue weighted by molar-refractivity contribution is 5.66. The van der Waals surface area contributed by atoms with Crippen LogP contribution in [0.3, 0.4) is 0 Å². The second-order valence-electron chi connectivity index (χ2n) is 3.72. The number of fused-ring (bicyclic) bond motifs is 1. The molecular formula is C9H13NO6. The molecule has 2 aliphatic heterocycles. The molecule has 0 radical (unpaired) electrons. The number of esters is 1. The summed E-state index contributed by atoms with van der Waals surface area (Å²) in [5.41, 5.74) is 4.91. The summed E-state index contributed by atoms with van der Waals surface area (Å²) in [5.74, 6) is -0.392. The summed E-state index contributed by atoms with van der Waals surface area (Å²) in [7, 11) is 0. The number of carbonyl (C=O) groups is 2. The van der Waals surface area contributed by atoms with Crippen LogP contribution in [0.2, 0.25) is 0 Å². The third-order valence-electron chi connectivity index (χ3n) is 2.55. The van der Waals surface area contributed by atoms with Crippen LogP contribution in [-0.2, 0) is 23.7 Å². The first-order valence-electron chi connectivity index (χ1n) is 4.94. The molecule has 0 aromatic rings. The van der Waals surface area contributed by atoms with Crippen LogP contribution in [0, 0.1) is 0 Å². The van der Waals surface area contributed by atoms with Crippen molar-refractivity contribution in [3.05, 3.63) is 0 Å². The number of hydrogen-bond donors (Lipinski definition) is 1. The lowest BCUT2D eigenvalue weighted by Crippen LogP contribution is -2.36. The van der Waals surface area contributed by atoms with E-state index >= 15 is 0 Å². The Hall–Kier alpha value is -1.34. The Labute approximate surface area is 91.8 Å². The van der Waals surface area contributed by atoms with E-state index in [1.807, 2.05) is 0 Å². The zero-order chi connectivity index (χ0) is 11.7. The molecule has 0 aromatic carbocycles. The Morgan fingerprint density at radius 3 is 2.06 bits per heavy atom. The number of primary amides is 1. The predicted octanol–water partition coefficient (Wildman–Crippen LogP) is -0.820. The topological polar surface area (TPSA) is 97.1 Å². The fourth-order valence-electron chi connectivity index (χ4n) is 1.99.